The van der Waals surface area contributed by atoms with Crippen LogP contribution >= 0.6 is 11.3 Å². The molecule has 9 nitrogen and oxygen atoms in total. The standard InChI is InChI=1S/C20H18F2N8OS/c1-11-5-4-6-15(24-11)20(2,19-27-29-30(3)28-19)10-23-16(31)18-26-25-17(32-18)13-8-7-12(21)9-14(13)22/h4-9H,10H2,1-3H3,(H,23,31). The van der Waals surface area contributed by atoms with Crippen molar-refractivity contribution < 1.29 is 13.6 Å². The lowest BCUT2D eigenvalue weighted by Gasteiger charge is -2.26. The number of nitrogens with one attached hydrogen (secondary N) is 1. The lowest BCUT2D eigenvalue weighted by Crippen LogP contribution is -2.41. The molecule has 12 heteroatoms. The molecule has 0 spiro atoms. The van der Waals surface area contributed by atoms with Crippen molar-refractivity contribution in [1.82, 2.24) is 40.7 Å². The van der Waals surface area contributed by atoms with Crippen molar-refractivity contribution in [3.8, 4) is 10.6 Å². The van der Waals surface area contributed by atoms with Gasteiger partial charge in [0.1, 0.15) is 11.6 Å². The number of hydrogen-bond donors (Lipinski definition) is 1. The van der Waals surface area contributed by atoms with Crippen molar-refractivity contribution in [2.24, 2.45) is 7.05 Å². The summed E-state index contributed by atoms with van der Waals surface area (Å²) < 4.78 is 27.2. The molecule has 0 bridgehead atoms. The number of hydrogen-bond acceptors (Lipinski definition) is 8. The van der Waals surface area contributed by atoms with Crippen LogP contribution in [0.15, 0.2) is 36.4 Å². The van der Waals surface area contributed by atoms with E-state index in [0.717, 1.165) is 29.2 Å². The van der Waals surface area contributed by atoms with Crippen molar-refractivity contribution >= 4 is 17.2 Å². The van der Waals surface area contributed by atoms with E-state index >= 15 is 0 Å². The smallest absolute Gasteiger partial charge is 0.282 e. The fourth-order valence-electron chi connectivity index (χ4n) is 3.06. The zero-order valence-corrected chi connectivity index (χ0v) is 18.2. The molecular formula is C20H18F2N8OS. The van der Waals surface area contributed by atoms with Crippen LogP contribution in [0.1, 0.15) is 33.9 Å². The largest absolute Gasteiger partial charge is 0.349 e. The number of benzene rings is 1. The Balaban J connectivity index is 1.58. The van der Waals surface area contributed by atoms with E-state index < -0.39 is 23.0 Å². The third-order valence-electron chi connectivity index (χ3n) is 4.84. The number of halogens is 2. The predicted molar refractivity (Wildman–Crippen MR) is 112 cm³/mol. The first-order valence-corrected chi connectivity index (χ1v) is 10.3. The second-order valence-corrected chi connectivity index (χ2v) is 8.30. The SMILES string of the molecule is Cc1cccc(C(C)(CNC(=O)c2nnc(-c3ccc(F)cc3F)s2)c2nnn(C)n2)n1. The Bertz CT molecular complexity index is 1290. The van der Waals surface area contributed by atoms with Gasteiger partial charge in [-0.1, -0.05) is 17.4 Å². The van der Waals surface area contributed by atoms with E-state index in [1.165, 1.54) is 10.9 Å². The van der Waals surface area contributed by atoms with E-state index in [1.54, 1.807) is 7.05 Å². The van der Waals surface area contributed by atoms with E-state index in [-0.39, 0.29) is 22.1 Å². The Labute approximate surface area is 185 Å². The summed E-state index contributed by atoms with van der Waals surface area (Å²) in [5, 5.41) is 23.1. The normalized spacial score (nSPS) is 13.0. The highest BCUT2D eigenvalue weighted by Crippen LogP contribution is 2.29. The molecule has 1 amide bonds. The molecule has 0 aliphatic carbocycles. The molecule has 0 fully saturated rings. The number of tetrazole rings is 1. The maximum absolute atomic E-state index is 14.0. The highest BCUT2D eigenvalue weighted by Gasteiger charge is 2.36. The van der Waals surface area contributed by atoms with Gasteiger partial charge in [-0.3, -0.25) is 9.78 Å². The highest BCUT2D eigenvalue weighted by molar-refractivity contribution is 7.16. The molecule has 0 radical (unpaired) electrons. The monoisotopic (exact) mass is 456 g/mol. The summed E-state index contributed by atoms with van der Waals surface area (Å²) in [5.41, 5.74) is 0.670. The Hall–Kier alpha value is -3.67. The average molecular weight is 456 g/mol. The number of nitrogens with zero attached hydrogens (tertiary/aromatic N) is 7. The van der Waals surface area contributed by atoms with Gasteiger partial charge in [0.25, 0.3) is 5.91 Å². The van der Waals surface area contributed by atoms with Gasteiger partial charge >= 0.3 is 0 Å². The molecular weight excluding hydrogens is 438 g/mol. The lowest BCUT2D eigenvalue weighted by atomic mass is 9.85. The first kappa shape index (κ1) is 21.6. The molecule has 164 valence electrons. The van der Waals surface area contributed by atoms with Gasteiger partial charge in [-0.05, 0) is 43.3 Å². The minimum atomic E-state index is -0.869. The van der Waals surface area contributed by atoms with E-state index in [2.05, 4.69) is 35.9 Å². The number of rotatable bonds is 6. The molecule has 1 atom stereocenters. The maximum atomic E-state index is 14.0. The third-order valence-corrected chi connectivity index (χ3v) is 5.79. The summed E-state index contributed by atoms with van der Waals surface area (Å²) in [7, 11) is 1.65. The van der Waals surface area contributed by atoms with Gasteiger partial charge in [-0.25, -0.2) is 8.78 Å². The number of aromatic nitrogens is 7. The zero-order valence-electron chi connectivity index (χ0n) is 17.4. The van der Waals surface area contributed by atoms with E-state index in [9.17, 15) is 13.6 Å². The zero-order chi connectivity index (χ0) is 22.9. The van der Waals surface area contributed by atoms with Gasteiger partial charge in [0.05, 0.1) is 18.2 Å². The van der Waals surface area contributed by atoms with E-state index in [1.807, 2.05) is 32.0 Å². The van der Waals surface area contributed by atoms with Crippen molar-refractivity contribution in [3.05, 3.63) is 70.3 Å². The minimum Gasteiger partial charge on any atom is -0.349 e. The summed E-state index contributed by atoms with van der Waals surface area (Å²) in [5.74, 6) is -1.58. The summed E-state index contributed by atoms with van der Waals surface area (Å²) >= 11 is 0.903. The van der Waals surface area contributed by atoms with Crippen molar-refractivity contribution in [1.29, 1.82) is 0 Å². The fourth-order valence-corrected chi connectivity index (χ4v) is 3.85. The number of amides is 1. The summed E-state index contributed by atoms with van der Waals surface area (Å²) in [4.78, 5) is 18.7. The molecule has 3 heterocycles. The Kier molecular flexibility index (Phi) is 5.70. The maximum Gasteiger partial charge on any atom is 0.282 e. The predicted octanol–water partition coefficient (Wildman–Crippen LogP) is 2.45. The van der Waals surface area contributed by atoms with Crippen LogP contribution in [0, 0.1) is 18.6 Å². The molecule has 0 saturated heterocycles. The Morgan fingerprint density at radius 2 is 2.00 bits per heavy atom. The second kappa shape index (κ2) is 8.46. The average Bonchev–Trinajstić information content (AvgIpc) is 3.41. The third kappa shape index (κ3) is 4.21. The van der Waals surface area contributed by atoms with Crippen molar-refractivity contribution in [3.63, 3.8) is 0 Å². The number of pyridine rings is 1. The highest BCUT2D eigenvalue weighted by atomic mass is 32.1. The van der Waals surface area contributed by atoms with Crippen LogP contribution < -0.4 is 5.32 Å². The van der Waals surface area contributed by atoms with Crippen LogP contribution in [-0.4, -0.2) is 47.8 Å². The van der Waals surface area contributed by atoms with Gasteiger partial charge in [0.2, 0.25) is 5.01 Å². The molecule has 32 heavy (non-hydrogen) atoms. The van der Waals surface area contributed by atoms with Crippen LogP contribution in [0.25, 0.3) is 10.6 Å². The Morgan fingerprint density at radius 3 is 2.69 bits per heavy atom. The molecule has 1 aromatic carbocycles. The van der Waals surface area contributed by atoms with E-state index in [4.69, 9.17) is 0 Å². The first-order valence-electron chi connectivity index (χ1n) is 9.52. The Morgan fingerprint density at radius 1 is 1.19 bits per heavy atom. The fraction of sp³-hybridized carbons (Fsp3) is 0.250. The van der Waals surface area contributed by atoms with Crippen LogP contribution in [0.5, 0.6) is 0 Å². The molecule has 1 unspecified atom stereocenters. The summed E-state index contributed by atoms with van der Waals surface area (Å²) in [6.07, 6.45) is 0. The van der Waals surface area contributed by atoms with Crippen LogP contribution in [0.3, 0.4) is 0 Å². The van der Waals surface area contributed by atoms with Gasteiger partial charge in [0.15, 0.2) is 10.8 Å². The quantitative estimate of drug-likeness (QED) is 0.474. The van der Waals surface area contributed by atoms with Crippen LogP contribution in [0.2, 0.25) is 0 Å². The van der Waals surface area contributed by atoms with Crippen LogP contribution in [0.4, 0.5) is 8.78 Å². The van der Waals surface area contributed by atoms with Crippen molar-refractivity contribution in [2.75, 3.05) is 6.54 Å². The van der Waals surface area contributed by atoms with Gasteiger partial charge < -0.3 is 5.32 Å². The molecule has 3 aromatic heterocycles. The van der Waals surface area contributed by atoms with Gasteiger partial charge in [0, 0.05) is 23.9 Å². The van der Waals surface area contributed by atoms with Gasteiger partial charge in [-0.2, -0.15) is 4.80 Å². The molecule has 0 aliphatic rings. The molecule has 4 aromatic rings. The summed E-state index contributed by atoms with van der Waals surface area (Å²) in [6, 6.07) is 8.69. The number of aryl methyl sites for hydroxylation is 2. The lowest BCUT2D eigenvalue weighted by molar-refractivity contribution is 0.0945. The first-order chi connectivity index (χ1) is 15.3. The number of carbonyl (C=O) groups excluding carboxylic acids is 1. The molecule has 0 saturated carbocycles. The molecule has 0 aliphatic heterocycles. The van der Waals surface area contributed by atoms with Gasteiger partial charge in [-0.15, -0.1) is 20.4 Å². The van der Waals surface area contributed by atoms with E-state index in [0.29, 0.717) is 11.5 Å². The van der Waals surface area contributed by atoms with Crippen LogP contribution in [-0.2, 0) is 12.5 Å². The van der Waals surface area contributed by atoms with Crippen molar-refractivity contribution in [2.45, 2.75) is 19.3 Å². The number of carbonyl (C=O) groups is 1. The molecule has 4 rings (SSSR count). The summed E-state index contributed by atoms with van der Waals surface area (Å²) in [6.45, 7) is 3.82. The molecule has 1 N–H and O–H groups in total. The second-order valence-electron chi connectivity index (χ2n) is 7.32. The minimum absolute atomic E-state index is 0.0374. The topological polar surface area (TPSA) is 111 Å².